The van der Waals surface area contributed by atoms with E-state index >= 15 is 0 Å². The zero-order valence-corrected chi connectivity index (χ0v) is 9.91. The fourth-order valence-corrected chi connectivity index (χ4v) is 1.21. The van der Waals surface area contributed by atoms with Crippen LogP contribution in [-0.2, 0) is 18.4 Å². The van der Waals surface area contributed by atoms with Gasteiger partial charge in [-0.15, -0.1) is 0 Å². The van der Waals surface area contributed by atoms with E-state index in [9.17, 15) is 4.79 Å². The zero-order chi connectivity index (χ0) is 10.6. The minimum Gasteiger partial charge on any atom is -0.349 e. The fraction of sp³-hybridized carbons (Fsp3) is 0.556. The normalized spacial score (nSPS) is 12.5. The number of nitrogens with one attached hydrogen (secondary N) is 1. The van der Waals surface area contributed by atoms with E-state index < -0.39 is 0 Å². The Morgan fingerprint density at radius 1 is 1.79 bits per heavy atom. The van der Waals surface area contributed by atoms with Crippen molar-refractivity contribution < 1.29 is 4.79 Å². The molecule has 1 rings (SSSR count). The lowest BCUT2D eigenvalue weighted by Crippen LogP contribution is -2.30. The summed E-state index contributed by atoms with van der Waals surface area (Å²) < 4.78 is 1.75. The van der Waals surface area contributed by atoms with Gasteiger partial charge in [-0.05, 0) is 12.5 Å². The maximum Gasteiger partial charge on any atom is 0.234 e. The van der Waals surface area contributed by atoms with E-state index in [1.54, 1.807) is 10.9 Å². The van der Waals surface area contributed by atoms with Crippen molar-refractivity contribution in [1.29, 1.82) is 0 Å². The number of alkyl halides is 1. The second kappa shape index (κ2) is 5.14. The van der Waals surface area contributed by atoms with E-state index in [-0.39, 0.29) is 10.7 Å². The van der Waals surface area contributed by atoms with Gasteiger partial charge in [-0.25, -0.2) is 0 Å². The second-order valence-corrected chi connectivity index (χ2v) is 4.15. The monoisotopic (exact) mass is 259 g/mol. The zero-order valence-electron chi connectivity index (χ0n) is 8.33. The third kappa shape index (κ3) is 2.83. The molecule has 1 N–H and O–H groups in total. The summed E-state index contributed by atoms with van der Waals surface area (Å²) in [6.07, 6.45) is 2.50. The van der Waals surface area contributed by atoms with E-state index in [0.29, 0.717) is 6.54 Å². The van der Waals surface area contributed by atoms with Crippen LogP contribution < -0.4 is 5.32 Å². The minimum atomic E-state index is -0.101. The Morgan fingerprint density at radius 3 is 3.00 bits per heavy atom. The number of halogens is 1. The van der Waals surface area contributed by atoms with Crippen LogP contribution in [0.3, 0.4) is 0 Å². The molecule has 78 valence electrons. The van der Waals surface area contributed by atoms with Crippen LogP contribution >= 0.6 is 15.9 Å². The van der Waals surface area contributed by atoms with Crippen molar-refractivity contribution in [2.24, 2.45) is 7.05 Å². The number of aromatic nitrogens is 2. The first-order valence-corrected chi connectivity index (χ1v) is 5.45. The third-order valence-electron chi connectivity index (χ3n) is 2.01. The van der Waals surface area contributed by atoms with Gasteiger partial charge in [0.15, 0.2) is 0 Å². The topological polar surface area (TPSA) is 46.9 Å². The van der Waals surface area contributed by atoms with E-state index in [1.807, 2.05) is 20.0 Å². The van der Waals surface area contributed by atoms with Gasteiger partial charge in [0.1, 0.15) is 0 Å². The van der Waals surface area contributed by atoms with Crippen LogP contribution in [0.1, 0.15) is 19.0 Å². The Morgan fingerprint density at radius 2 is 2.50 bits per heavy atom. The average molecular weight is 260 g/mol. The minimum absolute atomic E-state index is 0.0219. The predicted molar refractivity (Wildman–Crippen MR) is 58.1 cm³/mol. The molecule has 0 aliphatic rings. The van der Waals surface area contributed by atoms with Crippen LogP contribution in [0.5, 0.6) is 0 Å². The number of hydrogen-bond donors (Lipinski definition) is 1. The van der Waals surface area contributed by atoms with Gasteiger partial charge >= 0.3 is 0 Å². The summed E-state index contributed by atoms with van der Waals surface area (Å²) in [5, 5.41) is 6.84. The number of amides is 1. The van der Waals surface area contributed by atoms with Crippen LogP contribution in [0.4, 0.5) is 0 Å². The lowest BCUT2D eigenvalue weighted by molar-refractivity contribution is -0.120. The quantitative estimate of drug-likeness (QED) is 0.827. The summed E-state index contributed by atoms with van der Waals surface area (Å²) in [5.41, 5.74) is 0.995. The van der Waals surface area contributed by atoms with Crippen LogP contribution in [0.15, 0.2) is 12.3 Å². The van der Waals surface area contributed by atoms with Crippen LogP contribution in [-0.4, -0.2) is 20.5 Å². The van der Waals surface area contributed by atoms with Crippen molar-refractivity contribution in [2.75, 3.05) is 0 Å². The van der Waals surface area contributed by atoms with Crippen LogP contribution in [0, 0.1) is 0 Å². The average Bonchev–Trinajstić information content (AvgIpc) is 2.59. The van der Waals surface area contributed by atoms with Crippen LogP contribution in [0.2, 0.25) is 0 Å². The van der Waals surface area contributed by atoms with Gasteiger partial charge in [-0.2, -0.15) is 5.10 Å². The van der Waals surface area contributed by atoms with Gasteiger partial charge in [-0.1, -0.05) is 22.9 Å². The molecule has 14 heavy (non-hydrogen) atoms. The molecule has 0 aromatic carbocycles. The number of carbonyl (C=O) groups is 1. The summed E-state index contributed by atoms with van der Waals surface area (Å²) >= 11 is 3.29. The number of carbonyl (C=O) groups excluding carboxylic acids is 1. The molecule has 1 heterocycles. The first-order valence-electron chi connectivity index (χ1n) is 4.53. The molecule has 4 nitrogen and oxygen atoms in total. The Labute approximate surface area is 91.8 Å². The molecule has 1 aromatic heterocycles. The van der Waals surface area contributed by atoms with Crippen molar-refractivity contribution in [3.63, 3.8) is 0 Å². The summed E-state index contributed by atoms with van der Waals surface area (Å²) in [6.45, 7) is 2.49. The summed E-state index contributed by atoms with van der Waals surface area (Å²) in [7, 11) is 1.85. The highest BCUT2D eigenvalue weighted by Crippen LogP contribution is 2.04. The molecule has 1 amide bonds. The van der Waals surface area contributed by atoms with E-state index in [1.165, 1.54) is 0 Å². The predicted octanol–water partition coefficient (Wildman–Crippen LogP) is 1.21. The Bertz CT molecular complexity index is 311. The van der Waals surface area contributed by atoms with Gasteiger partial charge in [0.2, 0.25) is 5.91 Å². The highest BCUT2D eigenvalue weighted by Gasteiger charge is 2.11. The molecule has 1 atom stereocenters. The standard InChI is InChI=1S/C9H14BrN3O/c1-3-8(10)9(14)11-6-7-4-5-12-13(7)2/h4-5,8H,3,6H2,1-2H3,(H,11,14). The van der Waals surface area contributed by atoms with Gasteiger partial charge in [0.25, 0.3) is 0 Å². The van der Waals surface area contributed by atoms with E-state index in [4.69, 9.17) is 0 Å². The Hall–Kier alpha value is -0.840. The molecule has 0 spiro atoms. The molecule has 1 unspecified atom stereocenters. The number of rotatable bonds is 4. The van der Waals surface area contributed by atoms with Crippen LogP contribution in [0.25, 0.3) is 0 Å². The maximum absolute atomic E-state index is 11.4. The van der Waals surface area contributed by atoms with E-state index in [0.717, 1.165) is 12.1 Å². The van der Waals surface area contributed by atoms with E-state index in [2.05, 4.69) is 26.3 Å². The molecule has 0 radical (unpaired) electrons. The molecular formula is C9H14BrN3O. The largest absolute Gasteiger partial charge is 0.349 e. The van der Waals surface area contributed by atoms with Crippen molar-refractivity contribution >= 4 is 21.8 Å². The smallest absolute Gasteiger partial charge is 0.234 e. The van der Waals surface area contributed by atoms with Gasteiger partial charge in [0, 0.05) is 13.2 Å². The van der Waals surface area contributed by atoms with Crippen molar-refractivity contribution in [1.82, 2.24) is 15.1 Å². The molecule has 0 fully saturated rings. The second-order valence-electron chi connectivity index (χ2n) is 3.04. The highest BCUT2D eigenvalue weighted by atomic mass is 79.9. The lowest BCUT2D eigenvalue weighted by atomic mass is 10.3. The highest BCUT2D eigenvalue weighted by molar-refractivity contribution is 9.10. The molecule has 1 aromatic rings. The Kier molecular flexibility index (Phi) is 4.13. The molecule has 0 bridgehead atoms. The van der Waals surface area contributed by atoms with Crippen molar-refractivity contribution in [2.45, 2.75) is 24.7 Å². The number of aryl methyl sites for hydroxylation is 1. The lowest BCUT2D eigenvalue weighted by Gasteiger charge is -2.08. The third-order valence-corrected chi connectivity index (χ3v) is 3.07. The SMILES string of the molecule is CCC(Br)C(=O)NCc1ccnn1C. The number of hydrogen-bond acceptors (Lipinski definition) is 2. The Balaban J connectivity index is 2.41. The molecule has 0 saturated carbocycles. The van der Waals surface area contributed by atoms with Gasteiger partial charge in [-0.3, -0.25) is 9.48 Å². The van der Waals surface area contributed by atoms with Crippen molar-refractivity contribution in [3.05, 3.63) is 18.0 Å². The van der Waals surface area contributed by atoms with Gasteiger partial charge in [0.05, 0.1) is 17.1 Å². The summed E-state index contributed by atoms with van der Waals surface area (Å²) in [4.78, 5) is 11.3. The molecule has 0 aliphatic heterocycles. The fourth-order valence-electron chi connectivity index (χ4n) is 1.05. The number of nitrogens with zero attached hydrogens (tertiary/aromatic N) is 2. The first-order chi connectivity index (χ1) is 6.65. The van der Waals surface area contributed by atoms with Crippen molar-refractivity contribution in [3.8, 4) is 0 Å². The summed E-state index contributed by atoms with van der Waals surface area (Å²) in [5.74, 6) is 0.0219. The molecular weight excluding hydrogens is 246 g/mol. The molecule has 0 aliphatic carbocycles. The molecule has 0 saturated heterocycles. The first kappa shape index (κ1) is 11.2. The maximum atomic E-state index is 11.4. The summed E-state index contributed by atoms with van der Waals surface area (Å²) in [6, 6.07) is 1.88. The molecule has 5 heteroatoms. The van der Waals surface area contributed by atoms with Gasteiger partial charge < -0.3 is 5.32 Å².